The summed E-state index contributed by atoms with van der Waals surface area (Å²) in [5, 5.41) is 4.30. The maximum absolute atomic E-state index is 12.7. The molecule has 1 aliphatic heterocycles. The van der Waals surface area contributed by atoms with Gasteiger partial charge in [-0.25, -0.2) is 0 Å². The van der Waals surface area contributed by atoms with Gasteiger partial charge in [-0.05, 0) is 61.9 Å². The van der Waals surface area contributed by atoms with Gasteiger partial charge in [0.05, 0.1) is 16.9 Å². The second-order valence-electron chi connectivity index (χ2n) is 7.77. The Kier molecular flexibility index (Phi) is 6.85. The third-order valence-electron chi connectivity index (χ3n) is 5.79. The third kappa shape index (κ3) is 4.89. The molecule has 1 aliphatic rings. The van der Waals surface area contributed by atoms with Crippen LogP contribution >= 0.6 is 23.8 Å². The van der Waals surface area contributed by atoms with E-state index in [2.05, 4.69) is 15.2 Å². The Hall–Kier alpha value is -2.48. The number of nitrogens with zero attached hydrogens (tertiary/aromatic N) is 2. The van der Waals surface area contributed by atoms with Crippen LogP contribution < -0.4 is 10.9 Å². The molecule has 31 heavy (non-hydrogen) atoms. The number of H-pyrrole nitrogens is 1. The number of hydrogen-bond acceptors (Lipinski definition) is 4. The van der Waals surface area contributed by atoms with Crippen LogP contribution in [0.3, 0.4) is 0 Å². The van der Waals surface area contributed by atoms with E-state index >= 15 is 0 Å². The Labute approximate surface area is 190 Å². The van der Waals surface area contributed by atoms with E-state index in [1.54, 1.807) is 6.07 Å². The number of likely N-dealkylation sites (tertiary alicyclic amines) is 1. The number of fused-ring (bicyclic) bond motifs is 1. The summed E-state index contributed by atoms with van der Waals surface area (Å²) in [6.45, 7) is 2.69. The van der Waals surface area contributed by atoms with Crippen LogP contribution in [0.2, 0.25) is 5.02 Å². The fraction of sp³-hybridized carbons (Fsp3) is 0.348. The molecular formula is C23H25ClN4O2S. The summed E-state index contributed by atoms with van der Waals surface area (Å²) in [5.74, 6) is -0.120. The lowest BCUT2D eigenvalue weighted by Crippen LogP contribution is -2.37. The minimum absolute atomic E-state index is 0.0337. The summed E-state index contributed by atoms with van der Waals surface area (Å²) in [6.07, 6.45) is 2.47. The van der Waals surface area contributed by atoms with Crippen molar-refractivity contribution in [3.63, 3.8) is 0 Å². The second-order valence-corrected chi connectivity index (χ2v) is 8.56. The number of hydrogen-bond donors (Lipinski definition) is 2. The van der Waals surface area contributed by atoms with Gasteiger partial charge in [0.25, 0.3) is 5.56 Å². The number of aromatic nitrogens is 2. The molecule has 162 valence electrons. The van der Waals surface area contributed by atoms with E-state index in [0.717, 1.165) is 31.5 Å². The fourth-order valence-electron chi connectivity index (χ4n) is 4.15. The molecule has 4 rings (SSSR count). The van der Waals surface area contributed by atoms with Crippen molar-refractivity contribution in [2.24, 2.45) is 0 Å². The van der Waals surface area contributed by atoms with Gasteiger partial charge in [-0.1, -0.05) is 41.9 Å². The number of carbonyl (C=O) groups excluding carboxylic acids is 1. The molecule has 1 amide bonds. The molecule has 0 radical (unpaired) electrons. The van der Waals surface area contributed by atoms with Gasteiger partial charge >= 0.3 is 0 Å². The summed E-state index contributed by atoms with van der Waals surface area (Å²) in [6, 6.07) is 15.1. The molecule has 2 heterocycles. The molecular weight excluding hydrogens is 432 g/mol. The molecule has 8 heteroatoms. The van der Waals surface area contributed by atoms with Crippen LogP contribution in [0.4, 0.5) is 0 Å². The highest BCUT2D eigenvalue weighted by atomic mass is 35.5. The number of amides is 1. The van der Waals surface area contributed by atoms with E-state index in [1.165, 1.54) is 4.57 Å². The number of aromatic amines is 1. The van der Waals surface area contributed by atoms with Crippen molar-refractivity contribution in [3.8, 4) is 0 Å². The lowest BCUT2D eigenvalue weighted by molar-refractivity contribution is -0.121. The van der Waals surface area contributed by atoms with Crippen LogP contribution in [0.5, 0.6) is 0 Å². The summed E-state index contributed by atoms with van der Waals surface area (Å²) >= 11 is 11.8. The van der Waals surface area contributed by atoms with Crippen LogP contribution in [0, 0.1) is 4.77 Å². The zero-order valence-electron chi connectivity index (χ0n) is 17.1. The first-order valence-electron chi connectivity index (χ1n) is 10.5. The largest absolute Gasteiger partial charge is 0.354 e. The van der Waals surface area contributed by atoms with Crippen molar-refractivity contribution in [2.75, 3.05) is 19.6 Å². The van der Waals surface area contributed by atoms with Crippen LogP contribution in [0.25, 0.3) is 10.9 Å². The topological polar surface area (TPSA) is 70.1 Å². The second kappa shape index (κ2) is 9.77. The van der Waals surface area contributed by atoms with E-state index in [1.807, 2.05) is 42.5 Å². The molecule has 0 spiro atoms. The summed E-state index contributed by atoms with van der Waals surface area (Å²) in [7, 11) is 0. The van der Waals surface area contributed by atoms with Gasteiger partial charge in [0.15, 0.2) is 4.77 Å². The highest BCUT2D eigenvalue weighted by molar-refractivity contribution is 7.71. The van der Waals surface area contributed by atoms with Gasteiger partial charge < -0.3 is 10.3 Å². The lowest BCUT2D eigenvalue weighted by Gasteiger charge is -2.29. The smallest absolute Gasteiger partial charge is 0.262 e. The predicted molar refractivity (Wildman–Crippen MR) is 126 cm³/mol. The first-order chi connectivity index (χ1) is 15.0. The number of para-hydroxylation sites is 1. The van der Waals surface area contributed by atoms with Gasteiger partial charge in [-0.15, -0.1) is 0 Å². The van der Waals surface area contributed by atoms with Crippen molar-refractivity contribution in [3.05, 3.63) is 74.2 Å². The normalized spacial score (nSPS) is 15.3. The van der Waals surface area contributed by atoms with E-state index in [-0.39, 0.29) is 30.5 Å². The lowest BCUT2D eigenvalue weighted by atomic mass is 10.1. The standard InChI is InChI=1S/C23H25ClN4O2S/c24-18-9-3-1-7-16(18)20(27-12-5-6-13-27)15-25-21(29)11-14-28-22(30)17-8-2-4-10-19(17)26-23(28)31/h1-4,7-10,20H,5-6,11-15H2,(H,25,29)(H,26,31). The van der Waals surface area contributed by atoms with Crippen molar-refractivity contribution >= 4 is 40.6 Å². The Bertz CT molecular complexity index is 1200. The van der Waals surface area contributed by atoms with E-state index in [0.29, 0.717) is 27.2 Å². The summed E-state index contributed by atoms with van der Waals surface area (Å²) in [4.78, 5) is 30.8. The summed E-state index contributed by atoms with van der Waals surface area (Å²) in [5.41, 5.74) is 1.55. The minimum Gasteiger partial charge on any atom is -0.354 e. The number of rotatable bonds is 7. The molecule has 3 aromatic rings. The first kappa shape index (κ1) is 21.7. The quantitative estimate of drug-likeness (QED) is 0.526. The Morgan fingerprint density at radius 3 is 2.61 bits per heavy atom. The van der Waals surface area contributed by atoms with Crippen molar-refractivity contribution in [1.29, 1.82) is 0 Å². The van der Waals surface area contributed by atoms with E-state index in [4.69, 9.17) is 23.8 Å². The van der Waals surface area contributed by atoms with Crippen LogP contribution in [0.1, 0.15) is 30.9 Å². The van der Waals surface area contributed by atoms with Gasteiger partial charge in [0.1, 0.15) is 0 Å². The average Bonchev–Trinajstić information content (AvgIpc) is 3.29. The molecule has 1 unspecified atom stereocenters. The molecule has 0 aliphatic carbocycles. The van der Waals surface area contributed by atoms with Crippen LogP contribution in [-0.2, 0) is 11.3 Å². The first-order valence-corrected chi connectivity index (χ1v) is 11.3. The molecule has 0 bridgehead atoms. The average molecular weight is 457 g/mol. The predicted octanol–water partition coefficient (Wildman–Crippen LogP) is 4.06. The Morgan fingerprint density at radius 2 is 1.84 bits per heavy atom. The van der Waals surface area contributed by atoms with E-state index < -0.39 is 0 Å². The summed E-state index contributed by atoms with van der Waals surface area (Å²) < 4.78 is 1.77. The monoisotopic (exact) mass is 456 g/mol. The number of nitrogens with one attached hydrogen (secondary N) is 2. The molecule has 2 aromatic carbocycles. The van der Waals surface area contributed by atoms with Crippen molar-refractivity contribution in [1.82, 2.24) is 19.8 Å². The number of benzene rings is 2. The minimum atomic E-state index is -0.182. The molecule has 0 saturated carbocycles. The van der Waals surface area contributed by atoms with Gasteiger partial charge in [-0.2, -0.15) is 0 Å². The highest BCUT2D eigenvalue weighted by Crippen LogP contribution is 2.29. The van der Waals surface area contributed by atoms with Gasteiger partial charge in [0.2, 0.25) is 5.91 Å². The Balaban J connectivity index is 1.44. The van der Waals surface area contributed by atoms with Gasteiger partial charge in [0, 0.05) is 24.5 Å². The van der Waals surface area contributed by atoms with Crippen molar-refractivity contribution in [2.45, 2.75) is 31.8 Å². The van der Waals surface area contributed by atoms with Gasteiger partial charge in [-0.3, -0.25) is 19.1 Å². The zero-order valence-corrected chi connectivity index (χ0v) is 18.7. The maximum atomic E-state index is 12.7. The SMILES string of the molecule is O=C(CCn1c(=S)[nH]c2ccccc2c1=O)NCC(c1ccccc1Cl)N1CCCC1. The molecule has 1 fully saturated rings. The van der Waals surface area contributed by atoms with E-state index in [9.17, 15) is 9.59 Å². The van der Waals surface area contributed by atoms with Crippen LogP contribution in [0.15, 0.2) is 53.3 Å². The maximum Gasteiger partial charge on any atom is 0.262 e. The third-order valence-corrected chi connectivity index (χ3v) is 6.46. The zero-order chi connectivity index (χ0) is 21.8. The molecule has 6 nitrogen and oxygen atoms in total. The van der Waals surface area contributed by atoms with Crippen molar-refractivity contribution < 1.29 is 4.79 Å². The fourth-order valence-corrected chi connectivity index (χ4v) is 4.69. The molecule has 2 N–H and O–H groups in total. The van der Waals surface area contributed by atoms with Crippen LogP contribution in [-0.4, -0.2) is 40.0 Å². The molecule has 1 aromatic heterocycles. The number of halogens is 1. The molecule has 1 atom stereocenters. The Morgan fingerprint density at radius 1 is 1.13 bits per heavy atom. The molecule has 1 saturated heterocycles. The highest BCUT2D eigenvalue weighted by Gasteiger charge is 2.25. The number of carbonyl (C=O) groups is 1.